The van der Waals surface area contributed by atoms with Gasteiger partial charge in [0.15, 0.2) is 0 Å². The van der Waals surface area contributed by atoms with Crippen molar-refractivity contribution in [1.29, 1.82) is 0 Å². The van der Waals surface area contributed by atoms with Crippen molar-refractivity contribution in [3.63, 3.8) is 0 Å². The molecule has 1 N–H and O–H groups in total. The molecule has 1 aliphatic carbocycles. The first-order valence-corrected chi connectivity index (χ1v) is 4.92. The van der Waals surface area contributed by atoms with Gasteiger partial charge in [-0.2, -0.15) is 0 Å². The molecule has 1 aromatic carbocycles. The summed E-state index contributed by atoms with van der Waals surface area (Å²) in [7, 11) is 0. The number of hydrogen-bond donors (Lipinski definition) is 1. The van der Waals surface area contributed by atoms with E-state index >= 15 is 0 Å². The number of rotatable bonds is 1. The summed E-state index contributed by atoms with van der Waals surface area (Å²) in [6.45, 7) is 4.32. The monoisotopic (exact) mass is 176 g/mol. The van der Waals surface area contributed by atoms with Crippen molar-refractivity contribution in [2.45, 2.75) is 38.7 Å². The van der Waals surface area contributed by atoms with Crippen molar-refractivity contribution in [3.05, 3.63) is 34.9 Å². The zero-order valence-electron chi connectivity index (χ0n) is 8.25. The average Bonchev–Trinajstić information content (AvgIpc) is 2.05. The summed E-state index contributed by atoms with van der Waals surface area (Å²) >= 11 is 0. The minimum absolute atomic E-state index is 0.0510. The highest BCUT2D eigenvalue weighted by molar-refractivity contribution is 5.36. The molecule has 1 fully saturated rings. The molecular weight excluding hydrogens is 160 g/mol. The number of aliphatic hydroxyl groups excluding tert-OH is 1. The van der Waals surface area contributed by atoms with E-state index in [0.717, 1.165) is 12.8 Å². The zero-order chi connectivity index (χ0) is 9.42. The second kappa shape index (κ2) is 3.15. The predicted octanol–water partition coefficient (Wildman–Crippen LogP) is 2.54. The maximum Gasteiger partial charge on any atom is 0.0552 e. The Morgan fingerprint density at radius 2 is 1.92 bits per heavy atom. The van der Waals surface area contributed by atoms with Crippen LogP contribution in [0.25, 0.3) is 0 Å². The molecule has 0 amide bonds. The van der Waals surface area contributed by atoms with Gasteiger partial charge in [-0.05, 0) is 49.3 Å². The summed E-state index contributed by atoms with van der Waals surface area (Å²) in [5.41, 5.74) is 4.20. The average molecular weight is 176 g/mol. The molecule has 70 valence electrons. The maximum absolute atomic E-state index is 9.24. The minimum atomic E-state index is -0.0510. The van der Waals surface area contributed by atoms with Crippen LogP contribution in [0, 0.1) is 13.8 Å². The van der Waals surface area contributed by atoms with Crippen LogP contribution in [0.4, 0.5) is 0 Å². The third-order valence-electron chi connectivity index (χ3n) is 3.20. The van der Waals surface area contributed by atoms with Gasteiger partial charge in [0.05, 0.1) is 6.10 Å². The lowest BCUT2D eigenvalue weighted by Gasteiger charge is -2.33. The van der Waals surface area contributed by atoms with Gasteiger partial charge >= 0.3 is 0 Å². The second-order valence-electron chi connectivity index (χ2n) is 4.11. The maximum atomic E-state index is 9.24. The van der Waals surface area contributed by atoms with Crippen molar-refractivity contribution in [2.24, 2.45) is 0 Å². The first-order chi connectivity index (χ1) is 6.18. The summed E-state index contributed by atoms with van der Waals surface area (Å²) in [4.78, 5) is 0. The summed E-state index contributed by atoms with van der Waals surface area (Å²) in [5.74, 6) is 0.606. The Balaban J connectivity index is 2.26. The van der Waals surface area contributed by atoms with Crippen LogP contribution in [0.1, 0.15) is 35.4 Å². The third kappa shape index (κ3) is 1.49. The van der Waals surface area contributed by atoms with Gasteiger partial charge in [0, 0.05) is 0 Å². The molecule has 0 saturated heterocycles. The van der Waals surface area contributed by atoms with E-state index in [1.165, 1.54) is 16.7 Å². The Morgan fingerprint density at radius 3 is 2.54 bits per heavy atom. The molecule has 1 saturated carbocycles. The van der Waals surface area contributed by atoms with E-state index in [0.29, 0.717) is 5.92 Å². The van der Waals surface area contributed by atoms with Gasteiger partial charge in [0.2, 0.25) is 0 Å². The summed E-state index contributed by atoms with van der Waals surface area (Å²) < 4.78 is 0. The van der Waals surface area contributed by atoms with Crippen LogP contribution in [-0.4, -0.2) is 11.2 Å². The Bertz CT molecular complexity index is 311. The molecule has 0 spiro atoms. The fourth-order valence-electron chi connectivity index (χ4n) is 2.06. The fraction of sp³-hybridized carbons (Fsp3) is 0.500. The van der Waals surface area contributed by atoms with Crippen molar-refractivity contribution in [1.82, 2.24) is 0 Å². The van der Waals surface area contributed by atoms with E-state index in [-0.39, 0.29) is 6.10 Å². The molecule has 1 heteroatoms. The normalized spacial score (nSPS) is 27.0. The molecule has 0 unspecified atom stereocenters. The minimum Gasteiger partial charge on any atom is -0.393 e. The Hall–Kier alpha value is -0.820. The van der Waals surface area contributed by atoms with E-state index in [4.69, 9.17) is 0 Å². The second-order valence-corrected chi connectivity index (χ2v) is 4.11. The molecule has 0 heterocycles. The lowest BCUT2D eigenvalue weighted by atomic mass is 9.75. The lowest BCUT2D eigenvalue weighted by Crippen LogP contribution is -2.27. The fourth-order valence-corrected chi connectivity index (χ4v) is 2.06. The summed E-state index contributed by atoms with van der Waals surface area (Å²) in [5, 5.41) is 9.24. The topological polar surface area (TPSA) is 20.2 Å². The first-order valence-electron chi connectivity index (χ1n) is 4.92. The third-order valence-corrected chi connectivity index (χ3v) is 3.20. The van der Waals surface area contributed by atoms with Gasteiger partial charge in [-0.3, -0.25) is 0 Å². The molecular formula is C12H16O. The summed E-state index contributed by atoms with van der Waals surface area (Å²) in [6, 6.07) is 6.45. The molecule has 0 aromatic heterocycles. The van der Waals surface area contributed by atoms with Crippen LogP contribution in [0.5, 0.6) is 0 Å². The Morgan fingerprint density at radius 1 is 1.23 bits per heavy atom. The smallest absolute Gasteiger partial charge is 0.0552 e. The van der Waals surface area contributed by atoms with E-state index in [1.54, 1.807) is 0 Å². The van der Waals surface area contributed by atoms with Gasteiger partial charge in [0.1, 0.15) is 0 Å². The zero-order valence-corrected chi connectivity index (χ0v) is 8.25. The van der Waals surface area contributed by atoms with Crippen LogP contribution < -0.4 is 0 Å². The molecule has 1 aliphatic rings. The molecule has 0 atom stereocenters. The Labute approximate surface area is 79.4 Å². The number of hydrogen-bond acceptors (Lipinski definition) is 1. The van der Waals surface area contributed by atoms with Crippen molar-refractivity contribution in [3.8, 4) is 0 Å². The molecule has 0 bridgehead atoms. The standard InChI is InChI=1S/C12H16O/c1-8-4-3-5-12(9(8)2)10-6-11(13)7-10/h3-5,10-11,13H,6-7H2,1-2H3. The van der Waals surface area contributed by atoms with Gasteiger partial charge < -0.3 is 5.11 Å². The van der Waals surface area contributed by atoms with Crippen LogP contribution in [0.15, 0.2) is 18.2 Å². The number of aliphatic hydroxyl groups is 1. The van der Waals surface area contributed by atoms with Gasteiger partial charge in [-0.25, -0.2) is 0 Å². The van der Waals surface area contributed by atoms with Gasteiger partial charge in [0.25, 0.3) is 0 Å². The Kier molecular flexibility index (Phi) is 2.12. The van der Waals surface area contributed by atoms with Crippen LogP contribution in [0.2, 0.25) is 0 Å². The number of benzene rings is 1. The van der Waals surface area contributed by atoms with Crippen LogP contribution >= 0.6 is 0 Å². The first kappa shape index (κ1) is 8.76. The van der Waals surface area contributed by atoms with E-state index in [9.17, 15) is 5.11 Å². The molecule has 1 nitrogen and oxygen atoms in total. The lowest BCUT2D eigenvalue weighted by molar-refractivity contribution is 0.0744. The SMILES string of the molecule is Cc1cccc(C2CC(O)C2)c1C. The van der Waals surface area contributed by atoms with Gasteiger partial charge in [-0.15, -0.1) is 0 Å². The van der Waals surface area contributed by atoms with Crippen molar-refractivity contribution in [2.75, 3.05) is 0 Å². The predicted molar refractivity (Wildman–Crippen MR) is 53.9 cm³/mol. The largest absolute Gasteiger partial charge is 0.393 e. The molecule has 13 heavy (non-hydrogen) atoms. The highest BCUT2D eigenvalue weighted by Gasteiger charge is 2.29. The van der Waals surface area contributed by atoms with Crippen molar-refractivity contribution < 1.29 is 5.11 Å². The highest BCUT2D eigenvalue weighted by atomic mass is 16.3. The highest BCUT2D eigenvalue weighted by Crippen LogP contribution is 2.38. The summed E-state index contributed by atoms with van der Waals surface area (Å²) in [6.07, 6.45) is 1.85. The molecule has 2 rings (SSSR count). The van der Waals surface area contributed by atoms with E-state index < -0.39 is 0 Å². The number of aryl methyl sites for hydroxylation is 1. The van der Waals surface area contributed by atoms with E-state index in [1.807, 2.05) is 0 Å². The van der Waals surface area contributed by atoms with E-state index in [2.05, 4.69) is 32.0 Å². The molecule has 0 radical (unpaired) electrons. The molecule has 0 aliphatic heterocycles. The van der Waals surface area contributed by atoms with Crippen LogP contribution in [-0.2, 0) is 0 Å². The van der Waals surface area contributed by atoms with Crippen LogP contribution in [0.3, 0.4) is 0 Å². The van der Waals surface area contributed by atoms with Crippen molar-refractivity contribution >= 4 is 0 Å². The quantitative estimate of drug-likeness (QED) is 0.697. The molecule has 1 aromatic rings. The van der Waals surface area contributed by atoms with Gasteiger partial charge in [-0.1, -0.05) is 18.2 Å².